The van der Waals surface area contributed by atoms with Gasteiger partial charge in [-0.2, -0.15) is 0 Å². The lowest BCUT2D eigenvalue weighted by molar-refractivity contribution is 0.589. The first kappa shape index (κ1) is 60.3. The normalized spacial score (nSPS) is 15.2. The average molecular weight is 1260 g/mol. The lowest BCUT2D eigenvalue weighted by atomic mass is 9.66. The molecule has 1 atom stereocenters. The van der Waals surface area contributed by atoms with Crippen LogP contribution in [0.1, 0.15) is 153 Å². The summed E-state index contributed by atoms with van der Waals surface area (Å²) in [6, 6.07) is 91.6. The molecular formula is C92H82N2O3. The van der Waals surface area contributed by atoms with Gasteiger partial charge in [-0.3, -0.25) is 0 Å². The van der Waals surface area contributed by atoms with Crippen molar-refractivity contribution in [2.75, 3.05) is 9.80 Å². The minimum atomic E-state index is -0.984. The van der Waals surface area contributed by atoms with Crippen LogP contribution in [0.15, 0.2) is 256 Å². The van der Waals surface area contributed by atoms with Crippen molar-refractivity contribution in [3.63, 3.8) is 0 Å². The van der Waals surface area contributed by atoms with Gasteiger partial charge in [0.2, 0.25) is 0 Å². The molecular weight excluding hydrogens is 1180 g/mol. The molecule has 0 bridgehead atoms. The summed E-state index contributed by atoms with van der Waals surface area (Å²) >= 11 is 0. The number of benzene rings is 12. The molecule has 97 heavy (non-hydrogen) atoms. The molecule has 0 radical (unpaired) electrons. The maximum Gasteiger partial charge on any atom is 0.159 e. The third-order valence-electron chi connectivity index (χ3n) is 21.6. The van der Waals surface area contributed by atoms with Crippen molar-refractivity contribution in [3.8, 4) is 22.3 Å². The van der Waals surface area contributed by atoms with Crippen LogP contribution in [0.5, 0.6) is 0 Å². The van der Waals surface area contributed by atoms with Crippen LogP contribution in [0, 0.1) is 0 Å². The summed E-state index contributed by atoms with van der Waals surface area (Å²) in [6.07, 6.45) is 0. The molecule has 3 aromatic heterocycles. The molecule has 5 nitrogen and oxygen atoms in total. The highest BCUT2D eigenvalue weighted by Crippen LogP contribution is 2.67. The molecule has 2 aliphatic carbocycles. The zero-order valence-corrected chi connectivity index (χ0v) is 58.2. The third kappa shape index (κ3) is 9.17. The van der Waals surface area contributed by atoms with Crippen LogP contribution >= 0.6 is 0 Å². The number of hydrogen-bond acceptors (Lipinski definition) is 5. The average Bonchev–Trinajstić information content (AvgIpc) is 1.51. The topological polar surface area (TPSA) is 45.9 Å². The van der Waals surface area contributed by atoms with E-state index in [4.69, 9.17) is 13.3 Å². The summed E-state index contributed by atoms with van der Waals surface area (Å²) in [6.45, 7) is 32.5. The first-order chi connectivity index (χ1) is 46.4. The van der Waals surface area contributed by atoms with Crippen LogP contribution in [0.2, 0.25) is 0 Å². The fourth-order valence-corrected chi connectivity index (χ4v) is 16.4. The summed E-state index contributed by atoms with van der Waals surface area (Å²) in [5.41, 5.74) is 26.6. The molecule has 0 aliphatic heterocycles. The first-order valence-electron chi connectivity index (χ1n) is 34.5. The summed E-state index contributed by atoms with van der Waals surface area (Å²) < 4.78 is 21.2. The molecule has 0 spiro atoms. The molecule has 0 amide bonds. The number of anilines is 6. The first-order valence-corrected chi connectivity index (χ1v) is 34.5. The number of para-hydroxylation sites is 4. The fraction of sp³-hybridized carbons (Fsp3) is 0.217. The molecule has 12 aromatic carbocycles. The van der Waals surface area contributed by atoms with Crippen LogP contribution in [-0.4, -0.2) is 0 Å². The molecule has 5 heteroatoms. The molecule has 0 fully saturated rings. The lowest BCUT2D eigenvalue weighted by Crippen LogP contribution is -2.30. The van der Waals surface area contributed by atoms with Gasteiger partial charge in [0.05, 0.1) is 22.5 Å². The van der Waals surface area contributed by atoms with Gasteiger partial charge in [0, 0.05) is 54.8 Å². The highest BCUT2D eigenvalue weighted by Gasteiger charge is 2.52. The van der Waals surface area contributed by atoms with Gasteiger partial charge < -0.3 is 23.1 Å². The number of hydrogen-bond donors (Lipinski definition) is 0. The molecule has 3 heterocycles. The van der Waals surface area contributed by atoms with E-state index in [1.54, 1.807) is 0 Å². The minimum absolute atomic E-state index is 0.0599. The maximum absolute atomic E-state index is 7.19. The van der Waals surface area contributed by atoms with E-state index in [0.29, 0.717) is 0 Å². The van der Waals surface area contributed by atoms with Gasteiger partial charge in [-0.25, -0.2) is 0 Å². The Kier molecular flexibility index (Phi) is 13.1. The van der Waals surface area contributed by atoms with Gasteiger partial charge in [-0.1, -0.05) is 249 Å². The molecule has 0 saturated carbocycles. The van der Waals surface area contributed by atoms with Crippen LogP contribution in [-0.2, 0) is 32.5 Å². The number of rotatable bonds is 8. The van der Waals surface area contributed by atoms with Crippen LogP contribution < -0.4 is 9.80 Å². The van der Waals surface area contributed by atoms with Gasteiger partial charge in [0.25, 0.3) is 0 Å². The van der Waals surface area contributed by atoms with Gasteiger partial charge in [-0.15, -0.1) is 0 Å². The SMILES string of the molecule is CC(C)(C)c1ccc(N(c2ccc3c(c2)C(c2ccc(C(C)(C)C)cc2)(c2ccc4oc5ccc(C(C)(C)C)cc5c4c2)c2cc(N(c4ccc(C(C)(C)C)cc4)c4cccc5c4oc4ccccc45)c4c(c2-3)-c2ccccc2C4(C)C)c2cccc3c2oc2ccccc23)cc1. The lowest BCUT2D eigenvalue weighted by Gasteiger charge is -2.37. The van der Waals surface area contributed by atoms with E-state index in [1.807, 2.05) is 0 Å². The molecule has 1 unspecified atom stereocenters. The third-order valence-corrected chi connectivity index (χ3v) is 21.6. The minimum Gasteiger partial charge on any atom is -0.456 e. The number of nitrogens with zero attached hydrogens (tertiary/aromatic N) is 2. The summed E-state index contributed by atoms with van der Waals surface area (Å²) in [4.78, 5) is 4.99. The molecule has 15 aromatic rings. The molecule has 478 valence electrons. The van der Waals surface area contributed by atoms with E-state index in [2.05, 4.69) is 349 Å². The predicted octanol–water partition coefficient (Wildman–Crippen LogP) is 26.2. The number of fused-ring (bicyclic) bond motifs is 16. The largest absolute Gasteiger partial charge is 0.456 e. The second-order valence-electron chi connectivity index (χ2n) is 32.1. The Morgan fingerprint density at radius 1 is 0.289 bits per heavy atom. The van der Waals surface area contributed by atoms with Crippen molar-refractivity contribution >= 4 is 99.9 Å². The summed E-state index contributed by atoms with van der Waals surface area (Å²) in [7, 11) is 0. The summed E-state index contributed by atoms with van der Waals surface area (Å²) in [5.74, 6) is 0. The van der Waals surface area contributed by atoms with Crippen molar-refractivity contribution in [1.29, 1.82) is 0 Å². The Bertz CT molecular complexity index is 5700. The van der Waals surface area contributed by atoms with E-state index in [0.717, 1.165) is 111 Å². The van der Waals surface area contributed by atoms with Crippen molar-refractivity contribution in [2.45, 2.75) is 129 Å². The zero-order chi connectivity index (χ0) is 67.0. The van der Waals surface area contributed by atoms with Crippen molar-refractivity contribution < 1.29 is 13.3 Å². The maximum atomic E-state index is 7.19. The van der Waals surface area contributed by atoms with E-state index < -0.39 is 10.8 Å². The Morgan fingerprint density at radius 3 is 1.31 bits per heavy atom. The van der Waals surface area contributed by atoms with Crippen molar-refractivity contribution in [3.05, 3.63) is 298 Å². The molecule has 0 N–H and O–H groups in total. The van der Waals surface area contributed by atoms with Crippen LogP contribution in [0.4, 0.5) is 34.1 Å². The van der Waals surface area contributed by atoms with Crippen LogP contribution in [0.25, 0.3) is 88.1 Å². The highest BCUT2D eigenvalue weighted by atomic mass is 16.3. The van der Waals surface area contributed by atoms with Crippen LogP contribution in [0.3, 0.4) is 0 Å². The second-order valence-corrected chi connectivity index (χ2v) is 32.1. The Labute approximate surface area is 569 Å². The van der Waals surface area contributed by atoms with Gasteiger partial charge in [-0.05, 0) is 191 Å². The Hall–Kier alpha value is -10.4. The van der Waals surface area contributed by atoms with Crippen molar-refractivity contribution in [2.24, 2.45) is 0 Å². The molecule has 0 saturated heterocycles. The van der Waals surface area contributed by atoms with E-state index in [-0.39, 0.29) is 21.7 Å². The fourth-order valence-electron chi connectivity index (χ4n) is 16.4. The Morgan fingerprint density at radius 2 is 0.732 bits per heavy atom. The standard InChI is InChI=1S/C92H82N2O3/c1-87(2,3)55-33-35-58(36-34-55)92(60-42-50-81-71(52-60)70-51-59(90(10,11)12)41-49-80(70)95-81)73-53-63(93(61-43-37-56(38-44-61)88(4,5)6)75-29-21-26-66-64-23-16-19-31-78(64)96-85(66)75)47-48-69(73)82-74(92)54-77(84-83(82)68-25-15-18-28-72(68)91(84,13)14)94(62-45-39-57(40-46-62)89(7,8)9)76-30-22-27-67-65-24-17-20-32-79(65)97-86(67)76/h15-54H,1-14H3. The molecule has 2 aliphatic rings. The zero-order valence-electron chi connectivity index (χ0n) is 58.2. The van der Waals surface area contributed by atoms with E-state index >= 15 is 0 Å². The van der Waals surface area contributed by atoms with Gasteiger partial charge >= 0.3 is 0 Å². The number of furan rings is 3. The smallest absolute Gasteiger partial charge is 0.159 e. The van der Waals surface area contributed by atoms with Crippen molar-refractivity contribution in [1.82, 2.24) is 0 Å². The quantitative estimate of drug-likeness (QED) is 0.152. The van der Waals surface area contributed by atoms with E-state index in [9.17, 15) is 0 Å². The monoisotopic (exact) mass is 1260 g/mol. The van der Waals surface area contributed by atoms with Gasteiger partial charge in [0.15, 0.2) is 11.2 Å². The molecule has 17 rings (SSSR count). The van der Waals surface area contributed by atoms with E-state index in [1.165, 1.54) is 66.8 Å². The highest BCUT2D eigenvalue weighted by molar-refractivity contribution is 6.14. The second kappa shape index (κ2) is 21.1. The Balaban J connectivity index is 1.05. The van der Waals surface area contributed by atoms with Gasteiger partial charge in [0.1, 0.15) is 22.3 Å². The summed E-state index contributed by atoms with van der Waals surface area (Å²) in [5, 5.41) is 6.51. The predicted molar refractivity (Wildman–Crippen MR) is 407 cm³/mol.